The van der Waals surface area contributed by atoms with Gasteiger partial charge in [-0.25, -0.2) is 4.39 Å². The SMILES string of the molecule is Cc1ccc2c(c1)C(O)CC(c1ccc(O)c(F)c1)O2. The minimum atomic E-state index is -0.685. The number of benzene rings is 2. The summed E-state index contributed by atoms with van der Waals surface area (Å²) in [4.78, 5) is 0. The van der Waals surface area contributed by atoms with Gasteiger partial charge >= 0.3 is 0 Å². The molecule has 0 saturated heterocycles. The van der Waals surface area contributed by atoms with Crippen molar-refractivity contribution >= 4 is 0 Å². The number of halogens is 1. The monoisotopic (exact) mass is 274 g/mol. The topological polar surface area (TPSA) is 49.7 Å². The zero-order valence-electron chi connectivity index (χ0n) is 11.0. The van der Waals surface area contributed by atoms with E-state index < -0.39 is 18.0 Å². The molecule has 2 aromatic carbocycles. The lowest BCUT2D eigenvalue weighted by Gasteiger charge is -2.30. The van der Waals surface area contributed by atoms with E-state index in [1.54, 1.807) is 6.07 Å². The first-order valence-electron chi connectivity index (χ1n) is 6.48. The van der Waals surface area contributed by atoms with Gasteiger partial charge < -0.3 is 14.9 Å². The quantitative estimate of drug-likeness (QED) is 0.838. The van der Waals surface area contributed by atoms with Crippen LogP contribution in [-0.4, -0.2) is 10.2 Å². The van der Waals surface area contributed by atoms with E-state index in [1.807, 2.05) is 25.1 Å². The number of aliphatic hydroxyl groups is 1. The van der Waals surface area contributed by atoms with Crippen molar-refractivity contribution in [2.75, 3.05) is 0 Å². The van der Waals surface area contributed by atoms with Crippen molar-refractivity contribution in [1.82, 2.24) is 0 Å². The van der Waals surface area contributed by atoms with Crippen molar-refractivity contribution in [3.05, 3.63) is 58.9 Å². The Morgan fingerprint density at radius 1 is 1.20 bits per heavy atom. The van der Waals surface area contributed by atoms with Gasteiger partial charge in [0.15, 0.2) is 11.6 Å². The number of phenols is 1. The Hall–Kier alpha value is -2.07. The van der Waals surface area contributed by atoms with Gasteiger partial charge in [0.25, 0.3) is 0 Å². The summed E-state index contributed by atoms with van der Waals surface area (Å²) in [5.41, 5.74) is 2.42. The largest absolute Gasteiger partial charge is 0.505 e. The molecule has 1 heterocycles. The van der Waals surface area contributed by atoms with Crippen LogP contribution in [0.1, 0.15) is 35.3 Å². The maximum atomic E-state index is 13.4. The molecule has 0 fully saturated rings. The average Bonchev–Trinajstić information content (AvgIpc) is 2.42. The number of fused-ring (bicyclic) bond motifs is 1. The van der Waals surface area contributed by atoms with Crippen molar-refractivity contribution in [2.45, 2.75) is 25.6 Å². The minimum Gasteiger partial charge on any atom is -0.505 e. The highest BCUT2D eigenvalue weighted by molar-refractivity contribution is 5.41. The van der Waals surface area contributed by atoms with Crippen LogP contribution in [0.2, 0.25) is 0 Å². The molecule has 104 valence electrons. The van der Waals surface area contributed by atoms with Gasteiger partial charge in [-0.05, 0) is 36.8 Å². The molecule has 0 saturated carbocycles. The standard InChI is InChI=1S/C16H15FO3/c1-9-2-5-15-11(6-9)14(19)8-16(20-15)10-3-4-13(18)12(17)7-10/h2-7,14,16,18-19H,8H2,1H3. The van der Waals surface area contributed by atoms with Crippen LogP contribution in [0.5, 0.6) is 11.5 Å². The number of aliphatic hydroxyl groups excluding tert-OH is 1. The lowest BCUT2D eigenvalue weighted by Crippen LogP contribution is -2.19. The fraction of sp³-hybridized carbons (Fsp3) is 0.250. The second-order valence-electron chi connectivity index (χ2n) is 5.11. The van der Waals surface area contributed by atoms with Crippen molar-refractivity contribution in [3.8, 4) is 11.5 Å². The Bertz CT molecular complexity index is 654. The fourth-order valence-corrected chi connectivity index (χ4v) is 2.49. The molecular formula is C16H15FO3. The zero-order valence-corrected chi connectivity index (χ0v) is 11.0. The Morgan fingerprint density at radius 3 is 2.75 bits per heavy atom. The molecule has 0 radical (unpaired) electrons. The van der Waals surface area contributed by atoms with Gasteiger partial charge in [0, 0.05) is 12.0 Å². The molecule has 3 nitrogen and oxygen atoms in total. The van der Waals surface area contributed by atoms with Gasteiger partial charge in [0.05, 0.1) is 6.10 Å². The normalized spacial score (nSPS) is 21.1. The van der Waals surface area contributed by atoms with E-state index in [0.29, 0.717) is 17.7 Å². The maximum absolute atomic E-state index is 13.4. The number of hydrogen-bond donors (Lipinski definition) is 2. The predicted octanol–water partition coefficient (Wildman–Crippen LogP) is 3.40. The van der Waals surface area contributed by atoms with Crippen LogP contribution in [0.15, 0.2) is 36.4 Å². The van der Waals surface area contributed by atoms with Gasteiger partial charge in [-0.1, -0.05) is 17.7 Å². The van der Waals surface area contributed by atoms with Gasteiger partial charge in [0.2, 0.25) is 0 Å². The van der Waals surface area contributed by atoms with E-state index in [9.17, 15) is 14.6 Å². The maximum Gasteiger partial charge on any atom is 0.165 e. The third kappa shape index (κ3) is 2.23. The summed E-state index contributed by atoms with van der Waals surface area (Å²) in [6.07, 6.45) is -0.698. The third-order valence-electron chi connectivity index (χ3n) is 3.57. The molecule has 2 N–H and O–H groups in total. The molecule has 1 aliphatic heterocycles. The number of aromatic hydroxyl groups is 1. The van der Waals surface area contributed by atoms with Crippen LogP contribution in [0, 0.1) is 12.7 Å². The molecular weight excluding hydrogens is 259 g/mol. The van der Waals surface area contributed by atoms with Crippen LogP contribution in [-0.2, 0) is 0 Å². The van der Waals surface area contributed by atoms with Crippen molar-refractivity contribution in [1.29, 1.82) is 0 Å². The van der Waals surface area contributed by atoms with Crippen LogP contribution in [0.4, 0.5) is 4.39 Å². The highest BCUT2D eigenvalue weighted by Gasteiger charge is 2.28. The van der Waals surface area contributed by atoms with E-state index in [0.717, 1.165) is 11.1 Å². The third-order valence-corrected chi connectivity index (χ3v) is 3.57. The van der Waals surface area contributed by atoms with Crippen molar-refractivity contribution < 1.29 is 19.3 Å². The highest BCUT2D eigenvalue weighted by Crippen LogP contribution is 2.41. The van der Waals surface area contributed by atoms with Gasteiger partial charge in [-0.2, -0.15) is 0 Å². The zero-order chi connectivity index (χ0) is 14.3. The minimum absolute atomic E-state index is 0.362. The van der Waals surface area contributed by atoms with Crippen molar-refractivity contribution in [2.24, 2.45) is 0 Å². The summed E-state index contributed by atoms with van der Waals surface area (Å²) in [6.45, 7) is 1.95. The van der Waals surface area contributed by atoms with E-state index in [1.165, 1.54) is 12.1 Å². The first kappa shape index (κ1) is 12.9. The summed E-state index contributed by atoms with van der Waals surface area (Å²) < 4.78 is 19.2. The summed E-state index contributed by atoms with van der Waals surface area (Å²) >= 11 is 0. The van der Waals surface area contributed by atoms with Crippen LogP contribution in [0.3, 0.4) is 0 Å². The number of hydrogen-bond acceptors (Lipinski definition) is 3. The Balaban J connectivity index is 1.94. The Morgan fingerprint density at radius 2 is 2.00 bits per heavy atom. The average molecular weight is 274 g/mol. The summed E-state index contributed by atoms with van der Waals surface area (Å²) in [6, 6.07) is 9.77. The predicted molar refractivity (Wildman–Crippen MR) is 72.2 cm³/mol. The van der Waals surface area contributed by atoms with Crippen LogP contribution >= 0.6 is 0 Å². The second kappa shape index (κ2) is 4.80. The van der Waals surface area contributed by atoms with E-state index in [4.69, 9.17) is 4.74 Å². The van der Waals surface area contributed by atoms with Crippen LogP contribution in [0.25, 0.3) is 0 Å². The van der Waals surface area contributed by atoms with Gasteiger partial charge in [-0.15, -0.1) is 0 Å². The Labute approximate surface area is 116 Å². The van der Waals surface area contributed by atoms with Crippen molar-refractivity contribution in [3.63, 3.8) is 0 Å². The lowest BCUT2D eigenvalue weighted by atomic mass is 9.94. The molecule has 2 unspecified atom stereocenters. The number of aryl methyl sites for hydroxylation is 1. The molecule has 4 heteroatoms. The summed E-state index contributed by atoms with van der Waals surface area (Å²) in [5, 5.41) is 19.4. The summed E-state index contributed by atoms with van der Waals surface area (Å²) in [7, 11) is 0. The van der Waals surface area contributed by atoms with Gasteiger partial charge in [0.1, 0.15) is 11.9 Å². The highest BCUT2D eigenvalue weighted by atomic mass is 19.1. The molecule has 0 aliphatic carbocycles. The molecule has 3 rings (SSSR count). The second-order valence-corrected chi connectivity index (χ2v) is 5.11. The number of rotatable bonds is 1. The number of phenolic OH excluding ortho intramolecular Hbond substituents is 1. The number of ether oxygens (including phenoxy) is 1. The van der Waals surface area contributed by atoms with Crippen LogP contribution < -0.4 is 4.74 Å². The molecule has 0 spiro atoms. The fourth-order valence-electron chi connectivity index (χ4n) is 2.49. The molecule has 1 aliphatic rings. The van der Waals surface area contributed by atoms with E-state index in [-0.39, 0.29) is 5.75 Å². The lowest BCUT2D eigenvalue weighted by molar-refractivity contribution is 0.0655. The molecule has 0 aromatic heterocycles. The summed E-state index contributed by atoms with van der Waals surface area (Å²) in [5.74, 6) is -0.454. The van der Waals surface area contributed by atoms with E-state index in [2.05, 4.69) is 0 Å². The molecule has 20 heavy (non-hydrogen) atoms. The molecule has 0 amide bonds. The smallest absolute Gasteiger partial charge is 0.165 e. The molecule has 2 atom stereocenters. The van der Waals surface area contributed by atoms with Gasteiger partial charge in [-0.3, -0.25) is 0 Å². The first-order chi connectivity index (χ1) is 9.54. The molecule has 2 aromatic rings. The molecule has 0 bridgehead atoms. The first-order valence-corrected chi connectivity index (χ1v) is 6.48. The Kier molecular flexibility index (Phi) is 3.10. The van der Waals surface area contributed by atoms with E-state index >= 15 is 0 Å².